The first-order valence-electron chi connectivity index (χ1n) is 7.52. The smallest absolute Gasteiger partial charge is 0.279 e. The van der Waals surface area contributed by atoms with Crippen LogP contribution in [0.5, 0.6) is 0 Å². The molecule has 0 aliphatic carbocycles. The van der Waals surface area contributed by atoms with Crippen molar-refractivity contribution in [1.82, 2.24) is 9.55 Å². The topological polar surface area (TPSA) is 47.2 Å². The van der Waals surface area contributed by atoms with Gasteiger partial charge in [-0.05, 0) is 49.2 Å². The van der Waals surface area contributed by atoms with Crippen LogP contribution in [0.3, 0.4) is 0 Å². The van der Waals surface area contributed by atoms with E-state index in [9.17, 15) is 4.79 Å². The van der Waals surface area contributed by atoms with Gasteiger partial charge < -0.3 is 4.57 Å². The minimum absolute atomic E-state index is 0.221. The zero-order valence-corrected chi connectivity index (χ0v) is 15.2. The fourth-order valence-corrected chi connectivity index (χ4v) is 4.60. The molecule has 0 atom stereocenters. The molecule has 2 aromatic heterocycles. The van der Waals surface area contributed by atoms with Crippen LogP contribution in [0.1, 0.15) is 21.5 Å². The molecule has 0 N–H and O–H groups in total. The molecule has 0 unspecified atom stereocenters. The van der Waals surface area contributed by atoms with Gasteiger partial charge in [-0.15, -0.1) is 11.3 Å². The molecule has 0 aliphatic rings. The fraction of sp³-hybridized carbons (Fsp3) is 0.167. The highest BCUT2D eigenvalue weighted by Crippen LogP contribution is 2.23. The summed E-state index contributed by atoms with van der Waals surface area (Å²) in [6, 6.07) is 9.80. The van der Waals surface area contributed by atoms with Crippen LogP contribution in [0.15, 0.2) is 40.8 Å². The zero-order chi connectivity index (χ0) is 16.8. The van der Waals surface area contributed by atoms with Crippen LogP contribution >= 0.6 is 22.7 Å². The Bertz CT molecular complexity index is 1160. The summed E-state index contributed by atoms with van der Waals surface area (Å²) in [6.07, 6.45) is 0. The standard InChI is InChI=1S/C18H15N3OS2/c1-10-6-11(2)16-14(7-10)21(3)18(24-16)20-17(22)12-4-5-13-15(8-12)23-9-19-13/h4-9H,1-3H3. The van der Waals surface area contributed by atoms with Gasteiger partial charge in [-0.2, -0.15) is 4.99 Å². The number of carbonyl (C=O) groups is 1. The van der Waals surface area contributed by atoms with Crippen LogP contribution in [0.25, 0.3) is 20.4 Å². The van der Waals surface area contributed by atoms with Gasteiger partial charge in [-0.25, -0.2) is 4.98 Å². The maximum absolute atomic E-state index is 12.6. The second-order valence-electron chi connectivity index (χ2n) is 5.83. The highest BCUT2D eigenvalue weighted by molar-refractivity contribution is 7.17. The van der Waals surface area contributed by atoms with Crippen molar-refractivity contribution in [1.29, 1.82) is 0 Å². The monoisotopic (exact) mass is 353 g/mol. The summed E-state index contributed by atoms with van der Waals surface area (Å²) in [5.41, 5.74) is 6.83. The lowest BCUT2D eigenvalue weighted by atomic mass is 10.1. The van der Waals surface area contributed by atoms with E-state index < -0.39 is 0 Å². The van der Waals surface area contributed by atoms with Gasteiger partial charge in [0, 0.05) is 12.6 Å². The molecule has 0 saturated heterocycles. The molecule has 0 bridgehead atoms. The van der Waals surface area contributed by atoms with Gasteiger partial charge in [0.2, 0.25) is 0 Å². The van der Waals surface area contributed by atoms with Gasteiger partial charge in [0.15, 0.2) is 4.80 Å². The van der Waals surface area contributed by atoms with Crippen LogP contribution in [-0.2, 0) is 7.05 Å². The normalized spacial score (nSPS) is 12.4. The van der Waals surface area contributed by atoms with Gasteiger partial charge in [-0.1, -0.05) is 17.4 Å². The molecule has 4 nitrogen and oxygen atoms in total. The summed E-state index contributed by atoms with van der Waals surface area (Å²) in [5.74, 6) is -0.221. The second-order valence-corrected chi connectivity index (χ2v) is 7.69. The molecule has 4 rings (SSSR count). The Balaban J connectivity index is 1.85. The lowest BCUT2D eigenvalue weighted by Gasteiger charge is -2.00. The van der Waals surface area contributed by atoms with Crippen LogP contribution in [0, 0.1) is 13.8 Å². The summed E-state index contributed by atoms with van der Waals surface area (Å²) in [7, 11) is 1.95. The molecule has 0 spiro atoms. The molecule has 120 valence electrons. The number of rotatable bonds is 1. The molecule has 0 fully saturated rings. The summed E-state index contributed by atoms with van der Waals surface area (Å²) in [5, 5.41) is 0. The number of hydrogen-bond donors (Lipinski definition) is 0. The quantitative estimate of drug-likeness (QED) is 0.515. The first-order chi connectivity index (χ1) is 11.5. The minimum Gasteiger partial charge on any atom is -0.319 e. The molecule has 0 saturated carbocycles. The van der Waals surface area contributed by atoms with E-state index in [0.717, 1.165) is 15.7 Å². The molecular weight excluding hydrogens is 338 g/mol. The van der Waals surface area contributed by atoms with Crippen LogP contribution < -0.4 is 4.80 Å². The lowest BCUT2D eigenvalue weighted by molar-refractivity contribution is 0.0998. The molecule has 2 aromatic carbocycles. The first kappa shape index (κ1) is 15.2. The van der Waals surface area contributed by atoms with Crippen molar-refractivity contribution in [3.8, 4) is 0 Å². The van der Waals surface area contributed by atoms with E-state index >= 15 is 0 Å². The summed E-state index contributed by atoms with van der Waals surface area (Å²) < 4.78 is 4.17. The predicted molar refractivity (Wildman–Crippen MR) is 99.8 cm³/mol. The Morgan fingerprint density at radius 3 is 2.88 bits per heavy atom. The number of carbonyl (C=O) groups excluding carboxylic acids is 1. The Hall–Kier alpha value is -2.31. The maximum atomic E-state index is 12.6. The van der Waals surface area contributed by atoms with E-state index in [1.54, 1.807) is 22.9 Å². The Kier molecular flexibility index (Phi) is 3.58. The number of amides is 1. The molecular formula is C18H15N3OS2. The van der Waals surface area contributed by atoms with Crippen molar-refractivity contribution in [3.63, 3.8) is 0 Å². The molecule has 4 aromatic rings. The average Bonchev–Trinajstić information content (AvgIpc) is 3.13. The zero-order valence-electron chi connectivity index (χ0n) is 13.5. The Morgan fingerprint density at radius 2 is 2.04 bits per heavy atom. The van der Waals surface area contributed by atoms with Crippen molar-refractivity contribution in [2.24, 2.45) is 12.0 Å². The van der Waals surface area contributed by atoms with Crippen molar-refractivity contribution < 1.29 is 4.79 Å². The van der Waals surface area contributed by atoms with E-state index in [4.69, 9.17) is 0 Å². The highest BCUT2D eigenvalue weighted by Gasteiger charge is 2.10. The van der Waals surface area contributed by atoms with Crippen molar-refractivity contribution in [2.45, 2.75) is 13.8 Å². The summed E-state index contributed by atoms with van der Waals surface area (Å²) in [6.45, 7) is 4.17. The molecule has 6 heteroatoms. The van der Waals surface area contributed by atoms with Gasteiger partial charge >= 0.3 is 0 Å². The van der Waals surface area contributed by atoms with Gasteiger partial charge in [0.25, 0.3) is 5.91 Å². The predicted octanol–water partition coefficient (Wildman–Crippen LogP) is 4.21. The number of thiazole rings is 2. The number of fused-ring (bicyclic) bond motifs is 2. The van der Waals surface area contributed by atoms with E-state index in [1.807, 2.05) is 23.7 Å². The number of nitrogens with zero attached hydrogens (tertiary/aromatic N) is 3. The van der Waals surface area contributed by atoms with Crippen LogP contribution in [0.2, 0.25) is 0 Å². The average molecular weight is 353 g/mol. The van der Waals surface area contributed by atoms with E-state index in [2.05, 4.69) is 36.0 Å². The van der Waals surface area contributed by atoms with Crippen LogP contribution in [0.4, 0.5) is 0 Å². The van der Waals surface area contributed by atoms with Gasteiger partial charge in [-0.3, -0.25) is 4.79 Å². The third-order valence-corrected chi connectivity index (χ3v) is 6.09. The third kappa shape index (κ3) is 2.48. The summed E-state index contributed by atoms with van der Waals surface area (Å²) in [4.78, 5) is 21.9. The van der Waals surface area contributed by atoms with Gasteiger partial charge in [0.1, 0.15) is 0 Å². The second kappa shape index (κ2) is 5.65. The minimum atomic E-state index is -0.221. The largest absolute Gasteiger partial charge is 0.319 e. The SMILES string of the molecule is Cc1cc(C)c2sc(=NC(=O)c3ccc4ncsc4c3)n(C)c2c1. The van der Waals surface area contributed by atoms with Gasteiger partial charge in [0.05, 0.1) is 25.9 Å². The maximum Gasteiger partial charge on any atom is 0.279 e. The number of benzene rings is 2. The number of aryl methyl sites for hydroxylation is 3. The first-order valence-corrected chi connectivity index (χ1v) is 9.21. The van der Waals surface area contributed by atoms with Crippen molar-refractivity contribution >= 4 is 49.0 Å². The van der Waals surface area contributed by atoms with Crippen molar-refractivity contribution in [3.05, 3.63) is 57.3 Å². The number of aromatic nitrogens is 2. The van der Waals surface area contributed by atoms with Crippen molar-refractivity contribution in [2.75, 3.05) is 0 Å². The fourth-order valence-electron chi connectivity index (χ4n) is 2.81. The summed E-state index contributed by atoms with van der Waals surface area (Å²) >= 11 is 3.08. The Labute approximate surface area is 146 Å². The lowest BCUT2D eigenvalue weighted by Crippen LogP contribution is -2.13. The Morgan fingerprint density at radius 1 is 1.21 bits per heavy atom. The molecule has 0 aliphatic heterocycles. The van der Waals surface area contributed by atoms with E-state index in [-0.39, 0.29) is 5.91 Å². The third-order valence-electron chi connectivity index (χ3n) is 4.02. The molecule has 24 heavy (non-hydrogen) atoms. The number of hydrogen-bond acceptors (Lipinski definition) is 4. The van der Waals surface area contributed by atoms with E-state index in [0.29, 0.717) is 10.4 Å². The molecule has 2 heterocycles. The highest BCUT2D eigenvalue weighted by atomic mass is 32.1. The van der Waals surface area contributed by atoms with E-state index in [1.165, 1.54) is 27.2 Å². The van der Waals surface area contributed by atoms with Crippen LogP contribution in [-0.4, -0.2) is 15.5 Å². The molecule has 0 radical (unpaired) electrons. The molecule has 1 amide bonds.